The molecule has 0 amide bonds. The molecule has 5 heteroatoms. The summed E-state index contributed by atoms with van der Waals surface area (Å²) in [5.41, 5.74) is 6.81. The number of nitrogens with zero attached hydrogens (tertiary/aromatic N) is 1. The number of hydrogen-bond acceptors (Lipinski definition) is 3. The maximum atomic E-state index is 12.0. The zero-order chi connectivity index (χ0) is 11.8. The molecule has 0 atom stereocenters. The third kappa shape index (κ3) is 2.29. The maximum absolute atomic E-state index is 12.0. The lowest BCUT2D eigenvalue weighted by Crippen LogP contribution is -2.30. The number of benzene rings is 1. The molecule has 2 N–H and O–H groups in total. The number of anilines is 2. The Kier molecular flexibility index (Phi) is 2.80. The molecule has 0 heterocycles. The quantitative estimate of drug-likeness (QED) is 0.810. The van der Waals surface area contributed by atoms with E-state index < -0.39 is 10.0 Å². The van der Waals surface area contributed by atoms with Crippen molar-refractivity contribution in [1.29, 1.82) is 0 Å². The summed E-state index contributed by atoms with van der Waals surface area (Å²) >= 11 is 0. The van der Waals surface area contributed by atoms with Gasteiger partial charge in [0, 0.05) is 7.05 Å². The predicted octanol–water partition coefficient (Wildman–Crippen LogP) is 1.44. The molecule has 1 fully saturated rings. The summed E-state index contributed by atoms with van der Waals surface area (Å²) in [6.45, 7) is 0. The van der Waals surface area contributed by atoms with E-state index in [4.69, 9.17) is 5.73 Å². The van der Waals surface area contributed by atoms with Crippen LogP contribution in [0, 0.1) is 5.92 Å². The minimum absolute atomic E-state index is 0.234. The summed E-state index contributed by atoms with van der Waals surface area (Å²) in [6.07, 6.45) is 2.05. The predicted molar refractivity (Wildman–Crippen MR) is 65.8 cm³/mol. The first kappa shape index (κ1) is 11.3. The van der Waals surface area contributed by atoms with Crippen molar-refractivity contribution in [2.24, 2.45) is 5.92 Å². The Bertz CT molecular complexity index is 481. The Hall–Kier alpha value is -1.23. The van der Waals surface area contributed by atoms with Gasteiger partial charge >= 0.3 is 0 Å². The molecule has 4 nitrogen and oxygen atoms in total. The van der Waals surface area contributed by atoms with Crippen LogP contribution in [0.3, 0.4) is 0 Å². The van der Waals surface area contributed by atoms with E-state index in [0.29, 0.717) is 17.3 Å². The van der Waals surface area contributed by atoms with E-state index in [1.807, 2.05) is 0 Å². The molecule has 0 bridgehead atoms. The molecule has 0 aliphatic heterocycles. The van der Waals surface area contributed by atoms with Crippen LogP contribution in [0.25, 0.3) is 0 Å². The van der Waals surface area contributed by atoms with Crippen LogP contribution in [0.5, 0.6) is 0 Å². The monoisotopic (exact) mass is 240 g/mol. The highest BCUT2D eigenvalue weighted by Gasteiger charge is 2.31. The summed E-state index contributed by atoms with van der Waals surface area (Å²) in [7, 11) is -1.66. The van der Waals surface area contributed by atoms with Gasteiger partial charge in [-0.05, 0) is 30.9 Å². The standard InChI is InChI=1S/C11H16N2O2S/c1-13(11-5-3-2-4-10(11)12)16(14,15)8-9-6-7-9/h2-5,9H,6-8,12H2,1H3. The van der Waals surface area contributed by atoms with Crippen LogP contribution >= 0.6 is 0 Å². The topological polar surface area (TPSA) is 63.4 Å². The summed E-state index contributed by atoms with van der Waals surface area (Å²) in [5, 5.41) is 0. The summed E-state index contributed by atoms with van der Waals surface area (Å²) in [6, 6.07) is 7.01. The van der Waals surface area contributed by atoms with E-state index in [9.17, 15) is 8.42 Å². The van der Waals surface area contributed by atoms with Crippen molar-refractivity contribution in [2.75, 3.05) is 22.8 Å². The van der Waals surface area contributed by atoms with E-state index in [2.05, 4.69) is 0 Å². The molecule has 0 aromatic heterocycles. The lowest BCUT2D eigenvalue weighted by molar-refractivity contribution is 0.590. The molecule has 1 aliphatic carbocycles. The van der Waals surface area contributed by atoms with E-state index in [1.165, 1.54) is 4.31 Å². The Balaban J connectivity index is 2.23. The van der Waals surface area contributed by atoms with Crippen molar-refractivity contribution in [1.82, 2.24) is 0 Å². The maximum Gasteiger partial charge on any atom is 0.235 e. The minimum atomic E-state index is -3.22. The first-order valence-electron chi connectivity index (χ1n) is 5.32. The number of hydrogen-bond donors (Lipinski definition) is 1. The van der Waals surface area contributed by atoms with E-state index >= 15 is 0 Å². The van der Waals surface area contributed by atoms with Gasteiger partial charge in [0.05, 0.1) is 17.1 Å². The Labute approximate surface area is 96.1 Å². The smallest absolute Gasteiger partial charge is 0.235 e. The Morgan fingerprint density at radius 2 is 2.00 bits per heavy atom. The van der Waals surface area contributed by atoms with Crippen LogP contribution in [0.4, 0.5) is 11.4 Å². The molecule has 1 aromatic carbocycles. The molecule has 1 aliphatic rings. The number of sulfonamides is 1. The molecular formula is C11H16N2O2S. The van der Waals surface area contributed by atoms with Crippen molar-refractivity contribution in [3.05, 3.63) is 24.3 Å². The van der Waals surface area contributed by atoms with Crippen LogP contribution in [0.2, 0.25) is 0 Å². The molecule has 1 aromatic rings. The molecule has 88 valence electrons. The van der Waals surface area contributed by atoms with Crippen LogP contribution in [-0.4, -0.2) is 21.2 Å². The number of nitrogen functional groups attached to an aromatic ring is 1. The first-order chi connectivity index (χ1) is 7.50. The molecule has 16 heavy (non-hydrogen) atoms. The van der Waals surface area contributed by atoms with Gasteiger partial charge in [0.1, 0.15) is 0 Å². The third-order valence-electron chi connectivity index (χ3n) is 2.84. The number of rotatable bonds is 4. The average Bonchev–Trinajstić information content (AvgIpc) is 3.01. The van der Waals surface area contributed by atoms with Gasteiger partial charge in [-0.25, -0.2) is 8.42 Å². The van der Waals surface area contributed by atoms with Gasteiger partial charge in [-0.1, -0.05) is 12.1 Å². The van der Waals surface area contributed by atoms with Gasteiger partial charge in [-0.3, -0.25) is 4.31 Å². The van der Waals surface area contributed by atoms with Crippen LogP contribution in [0.1, 0.15) is 12.8 Å². The lowest BCUT2D eigenvalue weighted by Gasteiger charge is -2.20. The molecule has 0 radical (unpaired) electrons. The highest BCUT2D eigenvalue weighted by Crippen LogP contribution is 2.32. The van der Waals surface area contributed by atoms with Crippen LogP contribution < -0.4 is 10.0 Å². The fourth-order valence-corrected chi connectivity index (χ4v) is 3.24. The number of nitrogens with two attached hydrogens (primary N) is 1. The molecule has 0 unspecified atom stereocenters. The lowest BCUT2D eigenvalue weighted by atomic mass is 10.3. The van der Waals surface area contributed by atoms with Crippen molar-refractivity contribution in [3.8, 4) is 0 Å². The summed E-state index contributed by atoms with van der Waals surface area (Å²) in [4.78, 5) is 0. The highest BCUT2D eigenvalue weighted by atomic mass is 32.2. The van der Waals surface area contributed by atoms with Gasteiger partial charge in [-0.2, -0.15) is 0 Å². The Morgan fingerprint density at radius 3 is 2.56 bits per heavy atom. The molecule has 2 rings (SSSR count). The first-order valence-corrected chi connectivity index (χ1v) is 6.93. The molecule has 1 saturated carbocycles. The summed E-state index contributed by atoms with van der Waals surface area (Å²) < 4.78 is 25.3. The molecule has 0 saturated heterocycles. The van der Waals surface area contributed by atoms with E-state index in [1.54, 1.807) is 31.3 Å². The minimum Gasteiger partial charge on any atom is -0.397 e. The zero-order valence-electron chi connectivity index (χ0n) is 9.26. The van der Waals surface area contributed by atoms with E-state index in [0.717, 1.165) is 12.8 Å². The van der Waals surface area contributed by atoms with Crippen molar-refractivity contribution in [3.63, 3.8) is 0 Å². The van der Waals surface area contributed by atoms with Gasteiger partial charge in [0.25, 0.3) is 0 Å². The van der Waals surface area contributed by atoms with Gasteiger partial charge in [0.2, 0.25) is 10.0 Å². The van der Waals surface area contributed by atoms with Crippen molar-refractivity contribution >= 4 is 21.4 Å². The van der Waals surface area contributed by atoms with Gasteiger partial charge in [-0.15, -0.1) is 0 Å². The van der Waals surface area contributed by atoms with Gasteiger partial charge < -0.3 is 5.73 Å². The van der Waals surface area contributed by atoms with Gasteiger partial charge in [0.15, 0.2) is 0 Å². The average molecular weight is 240 g/mol. The largest absolute Gasteiger partial charge is 0.397 e. The molecular weight excluding hydrogens is 224 g/mol. The SMILES string of the molecule is CN(c1ccccc1N)S(=O)(=O)CC1CC1. The van der Waals surface area contributed by atoms with Crippen molar-refractivity contribution in [2.45, 2.75) is 12.8 Å². The Morgan fingerprint density at radius 1 is 1.38 bits per heavy atom. The van der Waals surface area contributed by atoms with Crippen molar-refractivity contribution < 1.29 is 8.42 Å². The fraction of sp³-hybridized carbons (Fsp3) is 0.455. The third-order valence-corrected chi connectivity index (χ3v) is 4.76. The fourth-order valence-electron chi connectivity index (χ4n) is 1.62. The highest BCUT2D eigenvalue weighted by molar-refractivity contribution is 7.92. The zero-order valence-corrected chi connectivity index (χ0v) is 10.1. The normalized spacial score (nSPS) is 16.1. The molecule has 0 spiro atoms. The van der Waals surface area contributed by atoms with E-state index in [-0.39, 0.29) is 5.75 Å². The van der Waals surface area contributed by atoms with Crippen LogP contribution in [-0.2, 0) is 10.0 Å². The second kappa shape index (κ2) is 3.97. The second-order valence-electron chi connectivity index (χ2n) is 4.25. The van der Waals surface area contributed by atoms with Crippen LogP contribution in [0.15, 0.2) is 24.3 Å². The summed E-state index contributed by atoms with van der Waals surface area (Å²) in [5.74, 6) is 0.579. The number of para-hydroxylation sites is 2. The second-order valence-corrected chi connectivity index (χ2v) is 6.29.